The van der Waals surface area contributed by atoms with Gasteiger partial charge < -0.3 is 15.0 Å². The number of ether oxygens (including phenoxy) is 1. The second-order valence-electron chi connectivity index (χ2n) is 9.46. The van der Waals surface area contributed by atoms with Gasteiger partial charge in [0.25, 0.3) is 5.91 Å². The molecular weight excluding hydrogens is 570 g/mol. The summed E-state index contributed by atoms with van der Waals surface area (Å²) in [6, 6.07) is -3.56. The van der Waals surface area contributed by atoms with E-state index in [2.05, 4.69) is 4.98 Å². The van der Waals surface area contributed by atoms with Gasteiger partial charge in [-0.1, -0.05) is 0 Å². The summed E-state index contributed by atoms with van der Waals surface area (Å²) >= 11 is 0. The Kier molecular flexibility index (Phi) is 6.27. The third-order valence-corrected chi connectivity index (χ3v) is 6.48. The maximum absolute atomic E-state index is 15.1. The van der Waals surface area contributed by atoms with Gasteiger partial charge in [-0.2, -0.15) is 26.3 Å². The van der Waals surface area contributed by atoms with Gasteiger partial charge >= 0.3 is 12.4 Å². The first-order valence-corrected chi connectivity index (χ1v) is 11.2. The molecule has 214 valence electrons. The number of hydrogen-bond acceptors (Lipinski definition) is 5. The fourth-order valence-corrected chi connectivity index (χ4v) is 4.58. The predicted octanol–water partition coefficient (Wildman–Crippen LogP) is 4.00. The van der Waals surface area contributed by atoms with Gasteiger partial charge in [0.05, 0.1) is 24.0 Å². The number of carbonyl (C=O) groups excluding carboxylic acids is 1. The SMILES string of the molecule is O=C(NC(C(F)(F)F)C(F)(F)F)c1cn(-c2c(F)cc(F)cc2F)c2nc(N3CC4(COC4)C3)c(F)cc2c1=O. The summed E-state index contributed by atoms with van der Waals surface area (Å²) in [6.45, 7) is 1.26. The van der Waals surface area contributed by atoms with Crippen LogP contribution in [0.1, 0.15) is 10.4 Å². The van der Waals surface area contributed by atoms with E-state index in [1.807, 2.05) is 0 Å². The van der Waals surface area contributed by atoms with Crippen LogP contribution >= 0.6 is 0 Å². The molecule has 1 N–H and O–H groups in total. The van der Waals surface area contributed by atoms with E-state index in [0.29, 0.717) is 29.2 Å². The van der Waals surface area contributed by atoms with Gasteiger partial charge in [-0.15, -0.1) is 0 Å². The van der Waals surface area contributed by atoms with Gasteiger partial charge in [0.15, 0.2) is 28.9 Å². The molecule has 4 heterocycles. The van der Waals surface area contributed by atoms with Crippen molar-refractivity contribution in [1.82, 2.24) is 14.9 Å². The fourth-order valence-electron chi connectivity index (χ4n) is 4.58. The summed E-state index contributed by atoms with van der Waals surface area (Å²) < 4.78 is 142. The minimum atomic E-state index is -6.04. The summed E-state index contributed by atoms with van der Waals surface area (Å²) in [6.07, 6.45) is -11.8. The van der Waals surface area contributed by atoms with E-state index in [9.17, 15) is 49.1 Å². The number of carbonyl (C=O) groups is 1. The molecule has 0 bridgehead atoms. The lowest BCUT2D eigenvalue weighted by molar-refractivity contribution is -0.255. The average molecular weight is 584 g/mol. The van der Waals surface area contributed by atoms with Crippen molar-refractivity contribution >= 4 is 22.8 Å². The van der Waals surface area contributed by atoms with Crippen LogP contribution in [0.25, 0.3) is 16.7 Å². The van der Waals surface area contributed by atoms with Crippen LogP contribution in [0.15, 0.2) is 29.2 Å². The van der Waals surface area contributed by atoms with Crippen molar-refractivity contribution in [3.8, 4) is 5.69 Å². The van der Waals surface area contributed by atoms with E-state index < -0.39 is 81.1 Å². The van der Waals surface area contributed by atoms with E-state index in [1.165, 1.54) is 4.90 Å². The number of amides is 1. The van der Waals surface area contributed by atoms with Crippen molar-refractivity contribution in [3.05, 3.63) is 63.5 Å². The molecule has 17 heteroatoms. The van der Waals surface area contributed by atoms with E-state index in [0.717, 1.165) is 0 Å². The lowest BCUT2D eigenvalue weighted by atomic mass is 9.78. The molecule has 7 nitrogen and oxygen atoms in total. The Morgan fingerprint density at radius 1 is 0.950 bits per heavy atom. The second kappa shape index (κ2) is 9.07. The molecule has 5 rings (SSSR count). The van der Waals surface area contributed by atoms with Gasteiger partial charge in [0.2, 0.25) is 11.5 Å². The number of rotatable bonds is 4. The van der Waals surface area contributed by atoms with Crippen LogP contribution in [0.2, 0.25) is 0 Å². The number of pyridine rings is 2. The zero-order valence-corrected chi connectivity index (χ0v) is 19.6. The van der Waals surface area contributed by atoms with E-state index in [4.69, 9.17) is 4.74 Å². The van der Waals surface area contributed by atoms with Crippen molar-refractivity contribution in [1.29, 1.82) is 0 Å². The first-order valence-electron chi connectivity index (χ1n) is 11.2. The zero-order chi connectivity index (χ0) is 29.4. The van der Waals surface area contributed by atoms with Crippen LogP contribution in [-0.4, -0.2) is 60.2 Å². The van der Waals surface area contributed by atoms with Gasteiger partial charge in [0, 0.05) is 31.4 Å². The van der Waals surface area contributed by atoms with E-state index >= 15 is 4.39 Å². The monoisotopic (exact) mass is 584 g/mol. The Hall–Kier alpha value is -3.89. The maximum Gasteiger partial charge on any atom is 0.417 e. The highest BCUT2D eigenvalue weighted by atomic mass is 19.4. The summed E-state index contributed by atoms with van der Waals surface area (Å²) in [5.74, 6) is -8.48. The Labute approximate surface area is 215 Å². The molecule has 0 aliphatic carbocycles. The number of benzene rings is 1. The fraction of sp³-hybridized carbons (Fsp3) is 0.348. The first kappa shape index (κ1) is 27.7. The lowest BCUT2D eigenvalue weighted by Gasteiger charge is -2.55. The molecule has 1 amide bonds. The van der Waals surface area contributed by atoms with E-state index in [1.54, 1.807) is 0 Å². The standard InChI is InChI=1S/C23H14F10N4O3/c24-9-1-12(25)15(13(26)2-9)37-4-11(19(39)35-20(22(28,29)30)23(31,32)33)16(38)10-3-14(27)18(34-17(10)37)36-5-21(6-36)7-40-8-21/h1-4,20H,5-8H2,(H,35,39). The summed E-state index contributed by atoms with van der Waals surface area (Å²) in [5.41, 5.74) is -5.22. The van der Waals surface area contributed by atoms with Crippen molar-refractivity contribution in [2.45, 2.75) is 18.4 Å². The Balaban J connectivity index is 1.70. The smallest absolute Gasteiger partial charge is 0.380 e. The van der Waals surface area contributed by atoms with Crippen LogP contribution in [-0.2, 0) is 4.74 Å². The minimum Gasteiger partial charge on any atom is -0.380 e. The van der Waals surface area contributed by atoms with Crippen molar-refractivity contribution in [3.63, 3.8) is 0 Å². The molecule has 2 aromatic heterocycles. The topological polar surface area (TPSA) is 76.5 Å². The van der Waals surface area contributed by atoms with Crippen molar-refractivity contribution < 1.29 is 53.4 Å². The Morgan fingerprint density at radius 2 is 1.52 bits per heavy atom. The van der Waals surface area contributed by atoms with Gasteiger partial charge in [0.1, 0.15) is 17.1 Å². The van der Waals surface area contributed by atoms with E-state index in [-0.39, 0.29) is 36.8 Å². The number of anilines is 1. The summed E-state index contributed by atoms with van der Waals surface area (Å²) in [4.78, 5) is 30.9. The number of alkyl halides is 6. The molecule has 3 aromatic rings. The molecule has 40 heavy (non-hydrogen) atoms. The number of fused-ring (bicyclic) bond motifs is 1. The highest BCUT2D eigenvalue weighted by molar-refractivity contribution is 5.97. The summed E-state index contributed by atoms with van der Waals surface area (Å²) in [5, 5.41) is -0.271. The van der Waals surface area contributed by atoms with Gasteiger partial charge in [-0.3, -0.25) is 14.2 Å². The van der Waals surface area contributed by atoms with Crippen LogP contribution in [0, 0.1) is 28.7 Å². The number of halogens is 10. The molecule has 2 aliphatic rings. The number of hydrogen-bond donors (Lipinski definition) is 1. The molecule has 2 fully saturated rings. The molecule has 2 saturated heterocycles. The van der Waals surface area contributed by atoms with Gasteiger partial charge in [-0.25, -0.2) is 22.5 Å². The average Bonchev–Trinajstić information content (AvgIpc) is 2.75. The number of nitrogens with one attached hydrogen (secondary N) is 1. The Morgan fingerprint density at radius 3 is 2.02 bits per heavy atom. The normalized spacial score (nSPS) is 16.8. The molecule has 2 aliphatic heterocycles. The molecule has 0 unspecified atom stereocenters. The largest absolute Gasteiger partial charge is 0.417 e. The van der Waals surface area contributed by atoms with Crippen molar-refractivity contribution in [2.75, 3.05) is 31.2 Å². The Bertz CT molecular complexity index is 1550. The summed E-state index contributed by atoms with van der Waals surface area (Å²) in [7, 11) is 0. The van der Waals surface area contributed by atoms with Crippen LogP contribution < -0.4 is 15.6 Å². The maximum atomic E-state index is 15.1. The van der Waals surface area contributed by atoms with Crippen LogP contribution in [0.4, 0.5) is 49.7 Å². The molecule has 0 atom stereocenters. The van der Waals surface area contributed by atoms with Crippen LogP contribution in [0.5, 0.6) is 0 Å². The van der Waals surface area contributed by atoms with Gasteiger partial charge in [-0.05, 0) is 6.07 Å². The second-order valence-corrected chi connectivity index (χ2v) is 9.46. The quantitative estimate of drug-likeness (QED) is 0.470. The molecule has 1 spiro atoms. The highest BCUT2D eigenvalue weighted by Crippen LogP contribution is 2.41. The number of nitrogens with zero attached hydrogens (tertiary/aromatic N) is 3. The first-order chi connectivity index (χ1) is 18.5. The zero-order valence-electron chi connectivity index (χ0n) is 19.6. The molecular formula is C23H14F10N4O3. The molecule has 0 saturated carbocycles. The highest BCUT2D eigenvalue weighted by Gasteiger charge is 2.57. The predicted molar refractivity (Wildman–Crippen MR) is 116 cm³/mol. The molecule has 1 aromatic carbocycles. The third kappa shape index (κ3) is 4.61. The molecule has 0 radical (unpaired) electrons. The lowest BCUT2D eigenvalue weighted by Crippen LogP contribution is -2.66. The van der Waals surface area contributed by atoms with Crippen LogP contribution in [0.3, 0.4) is 0 Å². The number of aromatic nitrogens is 2. The minimum absolute atomic E-state index is 0.186. The third-order valence-electron chi connectivity index (χ3n) is 6.48. The van der Waals surface area contributed by atoms with Crippen molar-refractivity contribution in [2.24, 2.45) is 5.41 Å².